The molecule has 1 aromatic heterocycles. The van der Waals surface area contributed by atoms with Gasteiger partial charge >= 0.3 is 0 Å². The molecule has 0 aromatic carbocycles. The Hall–Kier alpha value is -1.38. The number of nitrogens with zero attached hydrogens (tertiary/aromatic N) is 2. The molecule has 1 heterocycles. The van der Waals surface area contributed by atoms with Crippen LogP contribution >= 0.6 is 0 Å². The lowest BCUT2D eigenvalue weighted by atomic mass is 10.2. The molecule has 0 spiro atoms. The van der Waals surface area contributed by atoms with Gasteiger partial charge in [-0.1, -0.05) is 25.8 Å². The topological polar surface area (TPSA) is 34.9 Å². The summed E-state index contributed by atoms with van der Waals surface area (Å²) in [6.07, 6.45) is 6.76. The van der Waals surface area contributed by atoms with Crippen LogP contribution in [0.5, 0.6) is 0 Å². The number of aryl methyl sites for hydroxylation is 2. The van der Waals surface area contributed by atoms with E-state index in [4.69, 9.17) is 0 Å². The number of unbranched alkanes of at least 4 members (excludes halogenated alkanes) is 2. The van der Waals surface area contributed by atoms with Gasteiger partial charge < -0.3 is 0 Å². The number of hydrogen-bond donors (Lipinski definition) is 0. The third-order valence-electron chi connectivity index (χ3n) is 2.20. The molecule has 0 bridgehead atoms. The first-order chi connectivity index (χ1) is 7.15. The molecule has 0 N–H and O–H groups in total. The van der Waals surface area contributed by atoms with E-state index < -0.39 is 0 Å². The highest BCUT2D eigenvalue weighted by atomic mass is 16.2. The van der Waals surface area contributed by atoms with Gasteiger partial charge in [-0.25, -0.2) is 4.68 Å². The first-order valence-electron chi connectivity index (χ1n) is 5.39. The van der Waals surface area contributed by atoms with E-state index in [2.05, 4.69) is 12.0 Å². The minimum Gasteiger partial charge on any atom is -0.267 e. The fraction of sp³-hybridized carbons (Fsp3) is 0.500. The van der Waals surface area contributed by atoms with Crippen LogP contribution in [0.3, 0.4) is 0 Å². The zero-order chi connectivity index (χ0) is 11.3. The Morgan fingerprint density at radius 3 is 2.80 bits per heavy atom. The third kappa shape index (κ3) is 3.35. The van der Waals surface area contributed by atoms with Crippen LogP contribution in [0.15, 0.2) is 18.2 Å². The molecule has 3 nitrogen and oxygen atoms in total. The summed E-state index contributed by atoms with van der Waals surface area (Å²) in [4.78, 5) is 11.7. The van der Waals surface area contributed by atoms with E-state index in [-0.39, 0.29) is 5.91 Å². The number of hydrogen-bond acceptors (Lipinski definition) is 2. The van der Waals surface area contributed by atoms with E-state index in [1.165, 1.54) is 4.68 Å². The number of rotatable bonds is 4. The van der Waals surface area contributed by atoms with E-state index in [1.807, 2.05) is 26.0 Å². The molecule has 0 atom stereocenters. The minimum atomic E-state index is -0.0586. The molecule has 0 fully saturated rings. The second-order valence-electron chi connectivity index (χ2n) is 3.72. The monoisotopic (exact) mass is 206 g/mol. The summed E-state index contributed by atoms with van der Waals surface area (Å²) in [5.41, 5.74) is 1.76. The van der Waals surface area contributed by atoms with Gasteiger partial charge in [0.1, 0.15) is 0 Å². The second kappa shape index (κ2) is 5.49. The van der Waals surface area contributed by atoms with E-state index in [1.54, 1.807) is 6.08 Å². The molecule has 1 rings (SSSR count). The van der Waals surface area contributed by atoms with Crippen LogP contribution in [0.4, 0.5) is 0 Å². The van der Waals surface area contributed by atoms with Crippen LogP contribution in [-0.4, -0.2) is 15.7 Å². The molecule has 0 aliphatic carbocycles. The molecular formula is C12H18N2O. The lowest BCUT2D eigenvalue weighted by Gasteiger charge is -1.97. The van der Waals surface area contributed by atoms with Crippen molar-refractivity contribution in [1.82, 2.24) is 9.78 Å². The molecule has 3 heteroatoms. The molecule has 0 aliphatic heterocycles. The fourth-order valence-corrected chi connectivity index (χ4v) is 1.43. The van der Waals surface area contributed by atoms with Crippen LogP contribution in [-0.2, 0) is 0 Å². The van der Waals surface area contributed by atoms with Gasteiger partial charge in [-0.2, -0.15) is 5.10 Å². The first-order valence-corrected chi connectivity index (χ1v) is 5.39. The SMILES string of the molecule is CCCC/C=C/C(=O)n1nc(C)cc1C. The fourth-order valence-electron chi connectivity index (χ4n) is 1.43. The largest absolute Gasteiger partial charge is 0.270 e. The lowest BCUT2D eigenvalue weighted by Crippen LogP contribution is -2.10. The Morgan fingerprint density at radius 2 is 2.27 bits per heavy atom. The number of carbonyl (C=O) groups is 1. The molecule has 1 aromatic rings. The Morgan fingerprint density at radius 1 is 1.53 bits per heavy atom. The molecule has 0 unspecified atom stereocenters. The maximum Gasteiger partial charge on any atom is 0.270 e. The van der Waals surface area contributed by atoms with Crippen molar-refractivity contribution in [3.63, 3.8) is 0 Å². The maximum atomic E-state index is 11.7. The quantitative estimate of drug-likeness (QED) is 0.561. The summed E-state index contributed by atoms with van der Waals surface area (Å²) >= 11 is 0. The summed E-state index contributed by atoms with van der Waals surface area (Å²) in [5.74, 6) is -0.0586. The Kier molecular flexibility index (Phi) is 4.28. The number of aromatic nitrogens is 2. The van der Waals surface area contributed by atoms with Gasteiger partial charge in [0, 0.05) is 11.8 Å². The van der Waals surface area contributed by atoms with Crippen molar-refractivity contribution in [2.24, 2.45) is 0 Å². The van der Waals surface area contributed by atoms with Crippen molar-refractivity contribution in [1.29, 1.82) is 0 Å². The van der Waals surface area contributed by atoms with Gasteiger partial charge in [0.15, 0.2) is 0 Å². The van der Waals surface area contributed by atoms with Gasteiger partial charge in [-0.15, -0.1) is 0 Å². The highest BCUT2D eigenvalue weighted by molar-refractivity contribution is 5.89. The van der Waals surface area contributed by atoms with Gasteiger partial charge in [0.05, 0.1) is 5.69 Å². The molecule has 0 radical (unpaired) electrons. The summed E-state index contributed by atoms with van der Waals surface area (Å²) < 4.78 is 1.44. The predicted octanol–water partition coefficient (Wildman–Crippen LogP) is 2.89. The standard InChI is InChI=1S/C12H18N2O/c1-4-5-6-7-8-12(15)14-11(3)9-10(2)13-14/h7-9H,4-6H2,1-3H3/b8-7+. The van der Waals surface area contributed by atoms with Crippen LogP contribution in [0.2, 0.25) is 0 Å². The van der Waals surface area contributed by atoms with Crippen LogP contribution in [0.1, 0.15) is 42.4 Å². The molecule has 82 valence electrons. The van der Waals surface area contributed by atoms with Gasteiger partial charge in [0.25, 0.3) is 5.91 Å². The molecule has 0 amide bonds. The van der Waals surface area contributed by atoms with E-state index in [0.29, 0.717) is 0 Å². The van der Waals surface area contributed by atoms with Crippen molar-refractivity contribution in [3.05, 3.63) is 29.6 Å². The normalized spacial score (nSPS) is 11.1. The number of carbonyl (C=O) groups excluding carboxylic acids is 1. The number of allylic oxidation sites excluding steroid dienone is 2. The summed E-state index contributed by atoms with van der Waals surface area (Å²) in [6, 6.07) is 1.90. The van der Waals surface area contributed by atoms with Gasteiger partial charge in [-0.3, -0.25) is 4.79 Å². The lowest BCUT2D eigenvalue weighted by molar-refractivity contribution is 0.0951. The van der Waals surface area contributed by atoms with Crippen molar-refractivity contribution >= 4 is 5.91 Å². The van der Waals surface area contributed by atoms with Crippen molar-refractivity contribution in [3.8, 4) is 0 Å². The first kappa shape index (κ1) is 11.7. The average molecular weight is 206 g/mol. The second-order valence-corrected chi connectivity index (χ2v) is 3.72. The van der Waals surface area contributed by atoms with E-state index in [9.17, 15) is 4.79 Å². The summed E-state index contributed by atoms with van der Waals surface area (Å²) in [6.45, 7) is 5.91. The smallest absolute Gasteiger partial charge is 0.267 e. The van der Waals surface area contributed by atoms with Gasteiger partial charge in [0.2, 0.25) is 0 Å². The van der Waals surface area contributed by atoms with Crippen molar-refractivity contribution in [2.45, 2.75) is 40.0 Å². The molecule has 0 aliphatic rings. The van der Waals surface area contributed by atoms with E-state index >= 15 is 0 Å². The average Bonchev–Trinajstić information content (AvgIpc) is 2.52. The van der Waals surface area contributed by atoms with Crippen molar-refractivity contribution in [2.75, 3.05) is 0 Å². The summed E-state index contributed by atoms with van der Waals surface area (Å²) in [5, 5.41) is 4.12. The highest BCUT2D eigenvalue weighted by Crippen LogP contribution is 2.02. The molecule has 0 saturated heterocycles. The van der Waals surface area contributed by atoms with E-state index in [0.717, 1.165) is 30.7 Å². The molecule has 0 saturated carbocycles. The molecular weight excluding hydrogens is 188 g/mol. The van der Waals surface area contributed by atoms with Crippen molar-refractivity contribution < 1.29 is 4.79 Å². The summed E-state index contributed by atoms with van der Waals surface area (Å²) in [7, 11) is 0. The van der Waals surface area contributed by atoms with Crippen LogP contribution < -0.4 is 0 Å². The highest BCUT2D eigenvalue weighted by Gasteiger charge is 2.05. The Balaban J connectivity index is 2.61. The van der Waals surface area contributed by atoms with Gasteiger partial charge in [-0.05, 0) is 26.3 Å². The zero-order valence-corrected chi connectivity index (χ0v) is 9.66. The predicted molar refractivity (Wildman–Crippen MR) is 61.0 cm³/mol. The third-order valence-corrected chi connectivity index (χ3v) is 2.20. The zero-order valence-electron chi connectivity index (χ0n) is 9.66. The molecule has 15 heavy (non-hydrogen) atoms. The minimum absolute atomic E-state index is 0.0586. The Bertz CT molecular complexity index is 364. The Labute approximate surface area is 90.8 Å². The van der Waals surface area contributed by atoms with Crippen LogP contribution in [0.25, 0.3) is 0 Å². The maximum absolute atomic E-state index is 11.7. The van der Waals surface area contributed by atoms with Crippen LogP contribution in [0, 0.1) is 13.8 Å².